The molecule has 1 aliphatic carbocycles. The zero-order valence-electron chi connectivity index (χ0n) is 13.3. The molecule has 1 aromatic carbocycles. The van der Waals surface area contributed by atoms with E-state index in [4.69, 9.17) is 0 Å². The van der Waals surface area contributed by atoms with Crippen molar-refractivity contribution >= 4 is 5.69 Å². The van der Waals surface area contributed by atoms with Crippen LogP contribution in [0.1, 0.15) is 31.7 Å². The van der Waals surface area contributed by atoms with Gasteiger partial charge in [0.25, 0.3) is 0 Å². The van der Waals surface area contributed by atoms with Crippen LogP contribution in [-0.2, 0) is 5.41 Å². The van der Waals surface area contributed by atoms with Crippen molar-refractivity contribution in [3.8, 4) is 0 Å². The van der Waals surface area contributed by atoms with Crippen molar-refractivity contribution in [2.45, 2.75) is 43.7 Å². The monoisotopic (exact) mass is 298 g/mol. The van der Waals surface area contributed by atoms with E-state index in [0.29, 0.717) is 30.5 Å². The lowest BCUT2D eigenvalue weighted by molar-refractivity contribution is -0.0363. The quantitative estimate of drug-likeness (QED) is 0.880. The Hall–Kier alpha value is -1.06. The number of hydrogen-bond acceptors (Lipinski definition) is 3. The minimum absolute atomic E-state index is 0.249. The molecule has 1 aromatic rings. The lowest BCUT2D eigenvalue weighted by Crippen LogP contribution is -2.64. The van der Waals surface area contributed by atoms with Crippen LogP contribution in [-0.4, -0.2) is 41.8 Å². The summed E-state index contributed by atoms with van der Waals surface area (Å²) in [6.07, 6.45) is 3.79. The number of benzene rings is 1. The molecule has 2 bridgehead atoms. The van der Waals surface area contributed by atoms with Crippen LogP contribution in [0.15, 0.2) is 24.3 Å². The maximum atomic E-state index is 10.2. The molecule has 0 radical (unpaired) electrons. The van der Waals surface area contributed by atoms with Gasteiger partial charge in [0.1, 0.15) is 0 Å². The highest BCUT2D eigenvalue weighted by molar-refractivity contribution is 5.64. The summed E-state index contributed by atoms with van der Waals surface area (Å²) in [6.45, 7) is 5.15. The Bertz CT molecular complexity index is 603. The van der Waals surface area contributed by atoms with Crippen LogP contribution >= 0.6 is 0 Å². The van der Waals surface area contributed by atoms with E-state index >= 15 is 0 Å². The molecule has 3 nitrogen and oxygen atoms in total. The summed E-state index contributed by atoms with van der Waals surface area (Å²) >= 11 is 0. The first-order valence-electron chi connectivity index (χ1n) is 9.00. The van der Waals surface area contributed by atoms with E-state index in [1.54, 1.807) is 0 Å². The van der Waals surface area contributed by atoms with E-state index in [0.717, 1.165) is 5.92 Å². The summed E-state index contributed by atoms with van der Waals surface area (Å²) in [5, 5.41) is 14.1. The average Bonchev–Trinajstić information content (AvgIpc) is 3.11. The predicted octanol–water partition coefficient (Wildman–Crippen LogP) is 2.46. The molecule has 1 spiro atoms. The Morgan fingerprint density at radius 2 is 2.23 bits per heavy atom. The maximum absolute atomic E-state index is 10.2. The molecule has 3 aliphatic heterocycles. The number of nitrogens with zero attached hydrogens (tertiary/aromatic N) is 1. The van der Waals surface area contributed by atoms with E-state index in [9.17, 15) is 5.11 Å². The molecule has 2 N–H and O–H groups in total. The van der Waals surface area contributed by atoms with Crippen LogP contribution in [0.2, 0.25) is 0 Å². The third kappa shape index (κ3) is 1.40. The normalized spacial score (nSPS) is 45.3. The van der Waals surface area contributed by atoms with Crippen molar-refractivity contribution in [1.82, 2.24) is 4.90 Å². The highest BCUT2D eigenvalue weighted by Crippen LogP contribution is 2.61. The molecule has 0 unspecified atom stereocenters. The van der Waals surface area contributed by atoms with Crippen molar-refractivity contribution < 1.29 is 5.11 Å². The summed E-state index contributed by atoms with van der Waals surface area (Å²) in [5.74, 6) is 1.86. The van der Waals surface area contributed by atoms with E-state index < -0.39 is 0 Å². The Labute approximate surface area is 132 Å². The second-order valence-corrected chi connectivity index (χ2v) is 7.88. The van der Waals surface area contributed by atoms with Crippen molar-refractivity contribution in [3.05, 3.63) is 29.8 Å². The Kier molecular flexibility index (Phi) is 2.73. The molecule has 3 heterocycles. The largest absolute Gasteiger partial charge is 0.396 e. The van der Waals surface area contributed by atoms with Gasteiger partial charge in [-0.25, -0.2) is 0 Å². The molecule has 4 aliphatic rings. The highest BCUT2D eigenvalue weighted by atomic mass is 16.3. The van der Waals surface area contributed by atoms with Crippen LogP contribution in [0.3, 0.4) is 0 Å². The number of aliphatic hydroxyl groups is 1. The van der Waals surface area contributed by atoms with Gasteiger partial charge in [0.05, 0.1) is 0 Å². The van der Waals surface area contributed by atoms with Gasteiger partial charge in [0.15, 0.2) is 0 Å². The molecule has 3 heteroatoms. The highest BCUT2D eigenvalue weighted by Gasteiger charge is 2.65. The number of rotatable bonds is 2. The van der Waals surface area contributed by atoms with Crippen molar-refractivity contribution in [3.63, 3.8) is 0 Å². The number of piperidine rings is 1. The third-order valence-electron chi connectivity index (χ3n) is 7.43. The zero-order chi connectivity index (χ0) is 14.9. The maximum Gasteiger partial charge on any atom is 0.0481 e. The Balaban J connectivity index is 1.68. The number of nitrogens with one attached hydrogen (secondary N) is 1. The summed E-state index contributed by atoms with van der Waals surface area (Å²) in [5.41, 5.74) is 3.10. The molecule has 2 saturated heterocycles. The van der Waals surface area contributed by atoms with Crippen LogP contribution < -0.4 is 5.32 Å². The van der Waals surface area contributed by atoms with E-state index in [2.05, 4.69) is 41.4 Å². The summed E-state index contributed by atoms with van der Waals surface area (Å²) < 4.78 is 0. The summed E-state index contributed by atoms with van der Waals surface area (Å²) in [4.78, 5) is 2.77. The Morgan fingerprint density at radius 1 is 1.36 bits per heavy atom. The average molecular weight is 298 g/mol. The van der Waals surface area contributed by atoms with Crippen LogP contribution in [0.5, 0.6) is 0 Å². The van der Waals surface area contributed by atoms with Crippen molar-refractivity contribution in [1.29, 1.82) is 0 Å². The van der Waals surface area contributed by atoms with Gasteiger partial charge >= 0.3 is 0 Å². The first-order chi connectivity index (χ1) is 10.8. The summed E-state index contributed by atoms with van der Waals surface area (Å²) in [6, 6.07) is 10.0. The molecule has 118 valence electrons. The molecule has 5 rings (SSSR count). The molecule has 6 atom stereocenters. The first-order valence-corrected chi connectivity index (χ1v) is 9.00. The minimum atomic E-state index is 0.249. The van der Waals surface area contributed by atoms with Crippen molar-refractivity contribution in [2.24, 2.45) is 17.8 Å². The van der Waals surface area contributed by atoms with Crippen molar-refractivity contribution in [2.75, 3.05) is 25.0 Å². The zero-order valence-corrected chi connectivity index (χ0v) is 13.3. The molecule has 3 fully saturated rings. The van der Waals surface area contributed by atoms with Gasteiger partial charge in [-0.2, -0.15) is 0 Å². The molecule has 0 aromatic heterocycles. The van der Waals surface area contributed by atoms with Gasteiger partial charge in [0.2, 0.25) is 0 Å². The predicted molar refractivity (Wildman–Crippen MR) is 88.0 cm³/mol. The van der Waals surface area contributed by atoms with Crippen LogP contribution in [0.25, 0.3) is 0 Å². The lowest BCUT2D eigenvalue weighted by Gasteiger charge is -2.56. The van der Waals surface area contributed by atoms with Gasteiger partial charge in [-0.05, 0) is 42.9 Å². The lowest BCUT2D eigenvalue weighted by atomic mass is 9.54. The number of fused-ring (bicyclic) bond motifs is 2. The molecule has 0 amide bonds. The number of para-hydroxylation sites is 1. The van der Waals surface area contributed by atoms with E-state index in [1.807, 2.05) is 0 Å². The molecular weight excluding hydrogens is 272 g/mol. The standard InChI is InChI=1S/C19H26N2O/c1-2-12-10-21-8-7-19-15-5-3-4-6-16(15)20-18(19)14(11-22)13(12)9-17(19)21/h3-6,12-14,17-18,20,22H,2,7-11H2,1H3/t12-,13+,14+,17-,18+,19-/m1/s1. The van der Waals surface area contributed by atoms with Crippen LogP contribution in [0.4, 0.5) is 5.69 Å². The van der Waals surface area contributed by atoms with Gasteiger partial charge in [-0.3, -0.25) is 4.90 Å². The van der Waals surface area contributed by atoms with Gasteiger partial charge in [-0.1, -0.05) is 31.5 Å². The first kappa shape index (κ1) is 13.4. The number of anilines is 1. The SMILES string of the molecule is CC[C@@H]1CN2CC[C@]34c5ccccc5N[C@H]3[C@@H](CO)[C@H]1C[C@@H]24. The Morgan fingerprint density at radius 3 is 3.05 bits per heavy atom. The van der Waals surface area contributed by atoms with Gasteiger partial charge in [-0.15, -0.1) is 0 Å². The second kappa shape index (κ2) is 4.48. The fourth-order valence-corrected chi connectivity index (χ4v) is 6.53. The number of aliphatic hydroxyl groups excluding tert-OH is 1. The molecule has 22 heavy (non-hydrogen) atoms. The smallest absolute Gasteiger partial charge is 0.0481 e. The second-order valence-electron chi connectivity index (χ2n) is 7.88. The number of hydrogen-bond donors (Lipinski definition) is 2. The van der Waals surface area contributed by atoms with Gasteiger partial charge < -0.3 is 10.4 Å². The topological polar surface area (TPSA) is 35.5 Å². The third-order valence-corrected chi connectivity index (χ3v) is 7.43. The minimum Gasteiger partial charge on any atom is -0.396 e. The fourth-order valence-electron chi connectivity index (χ4n) is 6.53. The summed E-state index contributed by atoms with van der Waals surface area (Å²) in [7, 11) is 0. The van der Waals surface area contributed by atoms with E-state index in [-0.39, 0.29) is 5.41 Å². The van der Waals surface area contributed by atoms with E-state index in [1.165, 1.54) is 43.6 Å². The fraction of sp³-hybridized carbons (Fsp3) is 0.684. The van der Waals surface area contributed by atoms with Crippen LogP contribution in [0, 0.1) is 17.8 Å². The molecular formula is C19H26N2O. The molecule has 1 saturated carbocycles. The van der Waals surface area contributed by atoms with Gasteiger partial charge in [0, 0.05) is 42.3 Å².